The van der Waals surface area contributed by atoms with E-state index in [4.69, 9.17) is 0 Å². The molecule has 27 heavy (non-hydrogen) atoms. The van der Waals surface area contributed by atoms with Gasteiger partial charge in [0.05, 0.1) is 21.4 Å². The molecule has 0 saturated heterocycles. The molecule has 0 aliphatic carbocycles. The van der Waals surface area contributed by atoms with Gasteiger partial charge in [-0.15, -0.1) is 22.7 Å². The monoisotopic (exact) mass is 387 g/mol. The van der Waals surface area contributed by atoms with Crippen molar-refractivity contribution >= 4 is 54.7 Å². The van der Waals surface area contributed by atoms with E-state index in [2.05, 4.69) is 45.6 Å². The lowest BCUT2D eigenvalue weighted by molar-refractivity contribution is 0.102. The van der Waals surface area contributed by atoms with Crippen LogP contribution in [-0.4, -0.2) is 15.9 Å². The number of fused-ring (bicyclic) bond motifs is 2. The highest BCUT2D eigenvalue weighted by atomic mass is 32.1. The molecule has 4 nitrogen and oxygen atoms in total. The van der Waals surface area contributed by atoms with E-state index in [1.54, 1.807) is 11.6 Å². The summed E-state index contributed by atoms with van der Waals surface area (Å²) in [7, 11) is 0. The van der Waals surface area contributed by atoms with Crippen LogP contribution in [0.5, 0.6) is 0 Å². The second-order valence-electron chi connectivity index (χ2n) is 6.09. The topological polar surface area (TPSA) is 54.9 Å². The van der Waals surface area contributed by atoms with Crippen LogP contribution in [0.1, 0.15) is 10.4 Å². The minimum atomic E-state index is -0.162. The molecule has 2 heterocycles. The van der Waals surface area contributed by atoms with Gasteiger partial charge in [-0.3, -0.25) is 10.1 Å². The van der Waals surface area contributed by atoms with Gasteiger partial charge >= 0.3 is 0 Å². The summed E-state index contributed by atoms with van der Waals surface area (Å²) in [5, 5.41) is 7.82. The van der Waals surface area contributed by atoms with E-state index in [-0.39, 0.29) is 5.91 Å². The fraction of sp³-hybridized carbons (Fsp3) is 0. The smallest absolute Gasteiger partial charge is 0.257 e. The molecule has 2 aromatic heterocycles. The van der Waals surface area contributed by atoms with Crippen molar-refractivity contribution < 1.29 is 4.79 Å². The molecule has 0 fully saturated rings. The van der Waals surface area contributed by atoms with E-state index < -0.39 is 0 Å². The van der Waals surface area contributed by atoms with Crippen molar-refractivity contribution in [2.24, 2.45) is 0 Å². The average Bonchev–Trinajstić information content (AvgIpc) is 3.36. The van der Waals surface area contributed by atoms with Crippen molar-refractivity contribution in [3.63, 3.8) is 0 Å². The molecule has 0 atom stereocenters. The first-order valence-electron chi connectivity index (χ1n) is 8.35. The summed E-state index contributed by atoms with van der Waals surface area (Å²) in [5.74, 6) is -0.162. The Bertz CT molecular complexity index is 1290. The molecule has 6 heteroatoms. The zero-order chi connectivity index (χ0) is 18.2. The highest BCUT2D eigenvalue weighted by Gasteiger charge is 2.11. The fourth-order valence-electron chi connectivity index (χ4n) is 2.98. The van der Waals surface area contributed by atoms with E-state index in [1.807, 2.05) is 29.6 Å². The number of aromatic nitrogens is 2. The highest BCUT2D eigenvalue weighted by Crippen LogP contribution is 2.28. The molecule has 1 amide bonds. The zero-order valence-electron chi connectivity index (χ0n) is 14.0. The minimum Gasteiger partial charge on any atom is -0.298 e. The number of benzene rings is 3. The molecule has 5 rings (SSSR count). The number of carbonyl (C=O) groups is 1. The first-order valence-corrected chi connectivity index (χ1v) is 10.1. The number of anilines is 1. The van der Waals surface area contributed by atoms with Crippen LogP contribution in [0.2, 0.25) is 0 Å². The molecule has 1 N–H and O–H groups in total. The Morgan fingerprint density at radius 3 is 2.74 bits per heavy atom. The van der Waals surface area contributed by atoms with Gasteiger partial charge in [-0.25, -0.2) is 9.97 Å². The predicted molar refractivity (Wildman–Crippen MR) is 113 cm³/mol. The molecule has 0 radical (unpaired) electrons. The number of thiazole rings is 2. The molecule has 0 unspecified atom stereocenters. The lowest BCUT2D eigenvalue weighted by Crippen LogP contribution is -2.11. The van der Waals surface area contributed by atoms with Crippen LogP contribution in [0.15, 0.2) is 71.6 Å². The van der Waals surface area contributed by atoms with Crippen molar-refractivity contribution in [3.8, 4) is 11.3 Å². The molecule has 3 aromatic carbocycles. The molecule has 130 valence electrons. The van der Waals surface area contributed by atoms with Crippen molar-refractivity contribution in [1.82, 2.24) is 9.97 Å². The number of hydrogen-bond donors (Lipinski definition) is 1. The number of carbonyl (C=O) groups excluding carboxylic acids is 1. The summed E-state index contributed by atoms with van der Waals surface area (Å²) < 4.78 is 0.999. The Labute approximate surface area is 163 Å². The molecule has 5 aromatic rings. The second kappa shape index (κ2) is 6.57. The Morgan fingerprint density at radius 2 is 1.81 bits per heavy atom. The summed E-state index contributed by atoms with van der Waals surface area (Å²) in [6, 6.07) is 20.0. The molecule has 0 aliphatic rings. The lowest BCUT2D eigenvalue weighted by Gasteiger charge is -2.02. The van der Waals surface area contributed by atoms with Crippen LogP contribution < -0.4 is 5.32 Å². The maximum Gasteiger partial charge on any atom is 0.257 e. The quantitative estimate of drug-likeness (QED) is 0.424. The molecule has 0 aliphatic heterocycles. The van der Waals surface area contributed by atoms with Crippen LogP contribution in [0.4, 0.5) is 5.13 Å². The maximum absolute atomic E-state index is 12.5. The summed E-state index contributed by atoms with van der Waals surface area (Å²) in [4.78, 5) is 21.4. The highest BCUT2D eigenvalue weighted by molar-refractivity contribution is 7.16. The predicted octanol–water partition coefficient (Wildman–Crippen LogP) is 5.83. The van der Waals surface area contributed by atoms with Gasteiger partial charge in [0.15, 0.2) is 5.13 Å². The van der Waals surface area contributed by atoms with E-state index in [1.165, 1.54) is 33.4 Å². The number of hydrogen-bond acceptors (Lipinski definition) is 5. The van der Waals surface area contributed by atoms with Crippen LogP contribution in [0.25, 0.3) is 32.2 Å². The van der Waals surface area contributed by atoms with E-state index in [0.29, 0.717) is 10.7 Å². The van der Waals surface area contributed by atoms with Crippen molar-refractivity contribution in [3.05, 3.63) is 77.1 Å². The standard InChI is InChI=1S/C21H13N3OS2/c25-20(16-7-8-17-19(10-16)27-12-22-17)24-21-23-18(11-26-21)15-6-5-13-3-1-2-4-14(13)9-15/h1-12H,(H,23,24,25). The van der Waals surface area contributed by atoms with Gasteiger partial charge in [0.25, 0.3) is 5.91 Å². The largest absolute Gasteiger partial charge is 0.298 e. The summed E-state index contributed by atoms with van der Waals surface area (Å²) in [5.41, 5.74) is 5.19. The number of nitrogens with one attached hydrogen (secondary N) is 1. The third kappa shape index (κ3) is 3.09. The van der Waals surface area contributed by atoms with Gasteiger partial charge in [0.2, 0.25) is 0 Å². The van der Waals surface area contributed by atoms with Gasteiger partial charge in [0.1, 0.15) is 0 Å². The summed E-state index contributed by atoms with van der Waals surface area (Å²) >= 11 is 2.95. The molecule has 0 saturated carbocycles. The van der Waals surface area contributed by atoms with Gasteiger partial charge < -0.3 is 0 Å². The number of rotatable bonds is 3. The third-order valence-electron chi connectivity index (χ3n) is 4.36. The second-order valence-corrected chi connectivity index (χ2v) is 7.83. The lowest BCUT2D eigenvalue weighted by atomic mass is 10.1. The van der Waals surface area contributed by atoms with Crippen LogP contribution in [0.3, 0.4) is 0 Å². The van der Waals surface area contributed by atoms with Gasteiger partial charge in [-0.1, -0.05) is 36.4 Å². The zero-order valence-corrected chi connectivity index (χ0v) is 15.7. The SMILES string of the molecule is O=C(Nc1nc(-c2ccc3ccccc3c2)cs1)c1ccc2ncsc2c1. The molecular formula is C21H13N3OS2. The van der Waals surface area contributed by atoms with Crippen molar-refractivity contribution in [2.75, 3.05) is 5.32 Å². The van der Waals surface area contributed by atoms with E-state index in [9.17, 15) is 4.79 Å². The normalized spacial score (nSPS) is 11.1. The Balaban J connectivity index is 1.40. The Kier molecular flexibility index (Phi) is 3.92. The van der Waals surface area contributed by atoms with Crippen molar-refractivity contribution in [2.45, 2.75) is 0 Å². The van der Waals surface area contributed by atoms with E-state index in [0.717, 1.165) is 21.5 Å². The number of nitrogens with zero attached hydrogens (tertiary/aromatic N) is 2. The van der Waals surface area contributed by atoms with Gasteiger partial charge in [-0.05, 0) is 35.0 Å². The first-order chi connectivity index (χ1) is 13.3. The van der Waals surface area contributed by atoms with Crippen LogP contribution in [-0.2, 0) is 0 Å². The Hall–Kier alpha value is -3.09. The van der Waals surface area contributed by atoms with Crippen LogP contribution >= 0.6 is 22.7 Å². The average molecular weight is 387 g/mol. The van der Waals surface area contributed by atoms with Gasteiger partial charge in [0, 0.05) is 16.5 Å². The van der Waals surface area contributed by atoms with Gasteiger partial charge in [-0.2, -0.15) is 0 Å². The molecule has 0 spiro atoms. The molecular weight excluding hydrogens is 374 g/mol. The molecule has 0 bridgehead atoms. The summed E-state index contributed by atoms with van der Waals surface area (Å²) in [6.45, 7) is 0. The van der Waals surface area contributed by atoms with Crippen LogP contribution in [0, 0.1) is 0 Å². The first kappa shape index (κ1) is 16.1. The van der Waals surface area contributed by atoms with E-state index >= 15 is 0 Å². The minimum absolute atomic E-state index is 0.162. The Morgan fingerprint density at radius 1 is 0.926 bits per heavy atom. The number of amides is 1. The summed E-state index contributed by atoms with van der Waals surface area (Å²) in [6.07, 6.45) is 0. The third-order valence-corrected chi connectivity index (χ3v) is 5.91. The fourth-order valence-corrected chi connectivity index (χ4v) is 4.41. The van der Waals surface area contributed by atoms with Crippen molar-refractivity contribution in [1.29, 1.82) is 0 Å². The maximum atomic E-state index is 12.5.